The second-order valence-corrected chi connectivity index (χ2v) is 5.64. The average molecular weight is 362 g/mol. The Morgan fingerprint density at radius 1 is 1.00 bits per heavy atom. The highest BCUT2D eigenvalue weighted by molar-refractivity contribution is 6.32. The number of rotatable bonds is 7. The Balaban J connectivity index is 1.90. The lowest BCUT2D eigenvalue weighted by atomic mass is 10.2. The van der Waals surface area contributed by atoms with Crippen molar-refractivity contribution >= 4 is 40.5 Å². The molecule has 0 saturated heterocycles. The first-order valence-electron chi connectivity index (χ1n) is 7.79. The van der Waals surface area contributed by atoms with Crippen LogP contribution in [0.4, 0.5) is 17.1 Å². The SMILES string of the molecule is CCC(=O)Nc1cccc(NCC(=O)Nc2ccc(OC)c(Cl)c2)c1. The van der Waals surface area contributed by atoms with Crippen LogP contribution in [-0.4, -0.2) is 25.5 Å². The summed E-state index contributed by atoms with van der Waals surface area (Å²) >= 11 is 6.03. The minimum Gasteiger partial charge on any atom is -0.495 e. The summed E-state index contributed by atoms with van der Waals surface area (Å²) in [5.74, 6) is 0.263. The van der Waals surface area contributed by atoms with E-state index < -0.39 is 0 Å². The van der Waals surface area contributed by atoms with Gasteiger partial charge in [-0.05, 0) is 36.4 Å². The maximum Gasteiger partial charge on any atom is 0.243 e. The van der Waals surface area contributed by atoms with Gasteiger partial charge in [0.25, 0.3) is 0 Å². The molecular weight excluding hydrogens is 342 g/mol. The van der Waals surface area contributed by atoms with E-state index in [1.807, 2.05) is 6.07 Å². The topological polar surface area (TPSA) is 79.5 Å². The molecule has 0 radical (unpaired) electrons. The molecule has 2 rings (SSSR count). The van der Waals surface area contributed by atoms with Gasteiger partial charge in [0, 0.05) is 23.5 Å². The number of carbonyl (C=O) groups excluding carboxylic acids is 2. The van der Waals surface area contributed by atoms with Gasteiger partial charge in [0.1, 0.15) is 5.75 Å². The van der Waals surface area contributed by atoms with E-state index in [4.69, 9.17) is 16.3 Å². The monoisotopic (exact) mass is 361 g/mol. The van der Waals surface area contributed by atoms with E-state index in [0.717, 1.165) is 5.69 Å². The molecule has 3 N–H and O–H groups in total. The van der Waals surface area contributed by atoms with Crippen LogP contribution in [-0.2, 0) is 9.59 Å². The molecule has 2 aromatic carbocycles. The summed E-state index contributed by atoms with van der Waals surface area (Å²) in [5, 5.41) is 8.96. The molecule has 0 aliphatic heterocycles. The lowest BCUT2D eigenvalue weighted by Crippen LogP contribution is -2.21. The zero-order chi connectivity index (χ0) is 18.2. The highest BCUT2D eigenvalue weighted by Crippen LogP contribution is 2.27. The molecule has 0 spiro atoms. The van der Waals surface area contributed by atoms with E-state index in [0.29, 0.717) is 28.6 Å². The standard InChI is InChI=1S/C18H20ClN3O3/c1-3-17(23)21-13-6-4-5-12(9-13)20-11-18(24)22-14-7-8-16(25-2)15(19)10-14/h4-10,20H,3,11H2,1-2H3,(H,21,23)(H,22,24). The minimum atomic E-state index is -0.218. The lowest BCUT2D eigenvalue weighted by Gasteiger charge is -2.11. The molecule has 0 bridgehead atoms. The number of anilines is 3. The lowest BCUT2D eigenvalue weighted by molar-refractivity contribution is -0.116. The van der Waals surface area contributed by atoms with Crippen molar-refractivity contribution in [2.75, 3.05) is 29.6 Å². The number of halogens is 1. The fraction of sp³-hybridized carbons (Fsp3) is 0.222. The Morgan fingerprint density at radius 3 is 2.36 bits per heavy atom. The van der Waals surface area contributed by atoms with E-state index in [2.05, 4.69) is 16.0 Å². The fourth-order valence-electron chi connectivity index (χ4n) is 2.09. The molecular formula is C18H20ClN3O3. The van der Waals surface area contributed by atoms with Gasteiger partial charge in [-0.15, -0.1) is 0 Å². The molecule has 2 aromatic rings. The summed E-state index contributed by atoms with van der Waals surface area (Å²) < 4.78 is 5.07. The van der Waals surface area contributed by atoms with Gasteiger partial charge in [-0.25, -0.2) is 0 Å². The number of hydrogen-bond acceptors (Lipinski definition) is 4. The summed E-state index contributed by atoms with van der Waals surface area (Å²) in [5.41, 5.74) is 2.00. The normalized spacial score (nSPS) is 10.0. The Labute approximate surface area is 151 Å². The first kappa shape index (κ1) is 18.6. The van der Waals surface area contributed by atoms with Crippen LogP contribution in [0.3, 0.4) is 0 Å². The number of amides is 2. The quantitative estimate of drug-likeness (QED) is 0.701. The average Bonchev–Trinajstić information content (AvgIpc) is 2.60. The Bertz CT molecular complexity index is 765. The minimum absolute atomic E-state index is 0.0636. The smallest absolute Gasteiger partial charge is 0.243 e. The molecule has 0 aliphatic rings. The van der Waals surface area contributed by atoms with E-state index in [1.54, 1.807) is 43.3 Å². The number of ether oxygens (including phenoxy) is 1. The molecule has 0 fully saturated rings. The van der Waals surface area contributed by atoms with Gasteiger partial charge in [-0.3, -0.25) is 9.59 Å². The van der Waals surface area contributed by atoms with Crippen molar-refractivity contribution in [2.45, 2.75) is 13.3 Å². The summed E-state index contributed by atoms with van der Waals surface area (Å²) in [7, 11) is 1.53. The van der Waals surface area contributed by atoms with Crippen LogP contribution in [0.5, 0.6) is 5.75 Å². The second kappa shape index (κ2) is 8.94. The molecule has 7 heteroatoms. The molecule has 0 unspecified atom stereocenters. The summed E-state index contributed by atoms with van der Waals surface area (Å²) in [6.07, 6.45) is 0.407. The van der Waals surface area contributed by atoms with Crippen LogP contribution in [0.25, 0.3) is 0 Å². The van der Waals surface area contributed by atoms with Crippen LogP contribution < -0.4 is 20.7 Å². The second-order valence-electron chi connectivity index (χ2n) is 5.23. The third-order valence-corrected chi connectivity index (χ3v) is 3.65. The van der Waals surface area contributed by atoms with Crippen LogP contribution in [0.1, 0.15) is 13.3 Å². The number of carbonyl (C=O) groups is 2. The number of methoxy groups -OCH3 is 1. The van der Waals surface area contributed by atoms with Crippen molar-refractivity contribution in [3.8, 4) is 5.75 Å². The zero-order valence-electron chi connectivity index (χ0n) is 14.1. The van der Waals surface area contributed by atoms with Crippen LogP contribution >= 0.6 is 11.6 Å². The van der Waals surface area contributed by atoms with Gasteiger partial charge in [0.15, 0.2) is 0 Å². The van der Waals surface area contributed by atoms with E-state index in [1.165, 1.54) is 7.11 Å². The number of hydrogen-bond donors (Lipinski definition) is 3. The predicted octanol–water partition coefficient (Wildman–Crippen LogP) is 3.75. The molecule has 0 saturated carbocycles. The van der Waals surface area contributed by atoms with Gasteiger partial charge in [0.05, 0.1) is 18.7 Å². The zero-order valence-corrected chi connectivity index (χ0v) is 14.8. The van der Waals surface area contributed by atoms with Crippen LogP contribution in [0.2, 0.25) is 5.02 Å². The van der Waals surface area contributed by atoms with Gasteiger partial charge in [-0.1, -0.05) is 24.6 Å². The molecule has 2 amide bonds. The Kier molecular flexibility index (Phi) is 6.65. The first-order chi connectivity index (χ1) is 12.0. The number of nitrogens with one attached hydrogen (secondary N) is 3. The molecule has 0 heterocycles. The van der Waals surface area contributed by atoms with Gasteiger partial charge < -0.3 is 20.7 Å². The summed E-state index contributed by atoms with van der Waals surface area (Å²) in [6, 6.07) is 12.2. The third kappa shape index (κ3) is 5.69. The van der Waals surface area contributed by atoms with Crippen molar-refractivity contribution in [1.29, 1.82) is 0 Å². The van der Waals surface area contributed by atoms with Crippen molar-refractivity contribution < 1.29 is 14.3 Å². The highest BCUT2D eigenvalue weighted by Gasteiger charge is 2.06. The molecule has 132 valence electrons. The Hall–Kier alpha value is -2.73. The highest BCUT2D eigenvalue weighted by atomic mass is 35.5. The largest absolute Gasteiger partial charge is 0.495 e. The maximum atomic E-state index is 12.0. The van der Waals surface area contributed by atoms with Crippen LogP contribution in [0.15, 0.2) is 42.5 Å². The molecule has 6 nitrogen and oxygen atoms in total. The molecule has 25 heavy (non-hydrogen) atoms. The summed E-state index contributed by atoms with van der Waals surface area (Å²) in [6.45, 7) is 1.86. The van der Waals surface area contributed by atoms with E-state index in [9.17, 15) is 9.59 Å². The maximum absolute atomic E-state index is 12.0. The first-order valence-corrected chi connectivity index (χ1v) is 8.16. The van der Waals surface area contributed by atoms with Crippen molar-refractivity contribution in [2.24, 2.45) is 0 Å². The summed E-state index contributed by atoms with van der Waals surface area (Å²) in [4.78, 5) is 23.5. The molecule has 0 atom stereocenters. The van der Waals surface area contributed by atoms with Crippen molar-refractivity contribution in [1.82, 2.24) is 0 Å². The van der Waals surface area contributed by atoms with Gasteiger partial charge in [-0.2, -0.15) is 0 Å². The Morgan fingerprint density at radius 2 is 1.68 bits per heavy atom. The molecule has 0 aromatic heterocycles. The predicted molar refractivity (Wildman–Crippen MR) is 100 cm³/mol. The van der Waals surface area contributed by atoms with Gasteiger partial charge in [0.2, 0.25) is 11.8 Å². The third-order valence-electron chi connectivity index (χ3n) is 3.36. The van der Waals surface area contributed by atoms with E-state index in [-0.39, 0.29) is 18.4 Å². The van der Waals surface area contributed by atoms with Gasteiger partial charge >= 0.3 is 0 Å². The van der Waals surface area contributed by atoms with Crippen molar-refractivity contribution in [3.63, 3.8) is 0 Å². The molecule has 0 aliphatic carbocycles. The van der Waals surface area contributed by atoms with E-state index >= 15 is 0 Å². The van der Waals surface area contributed by atoms with Crippen molar-refractivity contribution in [3.05, 3.63) is 47.5 Å². The van der Waals surface area contributed by atoms with Crippen LogP contribution in [0, 0.1) is 0 Å². The number of benzene rings is 2. The fourth-order valence-corrected chi connectivity index (χ4v) is 2.35.